The standard InChI is InChI=1S/C10H5ClFN3O2/c11-9-2-1-8(15(16)17)10(14-9)6-3-7(12)5-13-4-6/h1-5H. The van der Waals surface area contributed by atoms with Gasteiger partial charge in [0, 0.05) is 17.8 Å². The predicted molar refractivity (Wildman–Crippen MR) is 59.1 cm³/mol. The van der Waals surface area contributed by atoms with Crippen LogP contribution >= 0.6 is 11.6 Å². The van der Waals surface area contributed by atoms with Gasteiger partial charge in [0.1, 0.15) is 11.0 Å². The van der Waals surface area contributed by atoms with Crippen LogP contribution in [-0.2, 0) is 0 Å². The van der Waals surface area contributed by atoms with Crippen molar-refractivity contribution in [2.24, 2.45) is 0 Å². The zero-order valence-corrected chi connectivity index (χ0v) is 9.06. The van der Waals surface area contributed by atoms with Crippen molar-refractivity contribution in [3.63, 3.8) is 0 Å². The summed E-state index contributed by atoms with van der Waals surface area (Å²) in [5, 5.41) is 10.9. The maximum atomic E-state index is 13.0. The van der Waals surface area contributed by atoms with Crippen LogP contribution in [0.4, 0.5) is 10.1 Å². The van der Waals surface area contributed by atoms with Gasteiger partial charge in [0.2, 0.25) is 0 Å². The fourth-order valence-corrected chi connectivity index (χ4v) is 1.48. The lowest BCUT2D eigenvalue weighted by atomic mass is 10.1. The lowest BCUT2D eigenvalue weighted by Crippen LogP contribution is -1.95. The number of aromatic nitrogens is 2. The topological polar surface area (TPSA) is 68.9 Å². The summed E-state index contributed by atoms with van der Waals surface area (Å²) in [6.45, 7) is 0. The van der Waals surface area contributed by atoms with Crippen molar-refractivity contribution < 1.29 is 9.31 Å². The molecule has 2 aromatic rings. The van der Waals surface area contributed by atoms with Gasteiger partial charge in [-0.15, -0.1) is 0 Å². The highest BCUT2D eigenvalue weighted by Gasteiger charge is 2.18. The zero-order valence-electron chi connectivity index (χ0n) is 8.30. The maximum absolute atomic E-state index is 13.0. The lowest BCUT2D eigenvalue weighted by Gasteiger charge is -2.02. The lowest BCUT2D eigenvalue weighted by molar-refractivity contribution is -0.384. The van der Waals surface area contributed by atoms with Gasteiger partial charge in [-0.2, -0.15) is 0 Å². The molecule has 2 rings (SSSR count). The van der Waals surface area contributed by atoms with E-state index in [1.54, 1.807) is 0 Å². The Kier molecular flexibility index (Phi) is 2.97. The Hall–Kier alpha value is -2.08. The number of halogens is 2. The van der Waals surface area contributed by atoms with Crippen molar-refractivity contribution in [2.75, 3.05) is 0 Å². The van der Waals surface area contributed by atoms with Crippen LogP contribution in [0.1, 0.15) is 0 Å². The minimum Gasteiger partial charge on any atom is -0.261 e. The third-order valence-corrected chi connectivity index (χ3v) is 2.23. The van der Waals surface area contributed by atoms with Gasteiger partial charge in [-0.25, -0.2) is 9.37 Å². The Morgan fingerprint density at radius 2 is 2.12 bits per heavy atom. The smallest absolute Gasteiger partial charge is 0.261 e. The summed E-state index contributed by atoms with van der Waals surface area (Å²) in [7, 11) is 0. The molecule has 0 aliphatic rings. The molecule has 0 atom stereocenters. The number of rotatable bonds is 2. The Morgan fingerprint density at radius 3 is 2.76 bits per heavy atom. The minimum absolute atomic E-state index is 0.00509. The molecule has 5 nitrogen and oxygen atoms in total. The normalized spacial score (nSPS) is 10.2. The van der Waals surface area contributed by atoms with E-state index in [4.69, 9.17) is 11.6 Å². The second kappa shape index (κ2) is 4.42. The van der Waals surface area contributed by atoms with E-state index in [-0.39, 0.29) is 22.1 Å². The van der Waals surface area contributed by atoms with Crippen molar-refractivity contribution in [2.45, 2.75) is 0 Å². The molecule has 0 aliphatic heterocycles. The van der Waals surface area contributed by atoms with Gasteiger partial charge in [-0.3, -0.25) is 15.1 Å². The first-order valence-corrected chi connectivity index (χ1v) is 4.87. The van der Waals surface area contributed by atoms with Crippen LogP contribution in [0, 0.1) is 15.9 Å². The molecule has 7 heteroatoms. The summed E-state index contributed by atoms with van der Waals surface area (Å²) in [5.74, 6) is -0.599. The van der Waals surface area contributed by atoms with Crippen LogP contribution in [0.2, 0.25) is 5.15 Å². The largest absolute Gasteiger partial charge is 0.295 e. The molecule has 0 saturated carbocycles. The molecule has 86 valence electrons. The van der Waals surface area contributed by atoms with E-state index in [0.29, 0.717) is 0 Å². The van der Waals surface area contributed by atoms with E-state index in [1.807, 2.05) is 0 Å². The molecule has 2 heterocycles. The van der Waals surface area contributed by atoms with E-state index < -0.39 is 10.7 Å². The van der Waals surface area contributed by atoms with Crippen molar-refractivity contribution in [1.82, 2.24) is 9.97 Å². The second-order valence-electron chi connectivity index (χ2n) is 3.15. The van der Waals surface area contributed by atoms with Gasteiger partial charge in [-0.05, 0) is 12.1 Å². The zero-order chi connectivity index (χ0) is 12.4. The first-order chi connectivity index (χ1) is 8.08. The summed E-state index contributed by atoms with van der Waals surface area (Å²) < 4.78 is 13.0. The highest BCUT2D eigenvalue weighted by Crippen LogP contribution is 2.28. The Bertz CT molecular complexity index is 592. The van der Waals surface area contributed by atoms with E-state index in [1.165, 1.54) is 18.3 Å². The van der Waals surface area contributed by atoms with Crippen molar-refractivity contribution >= 4 is 17.3 Å². The summed E-state index contributed by atoms with van der Waals surface area (Å²) in [6.07, 6.45) is 2.29. The summed E-state index contributed by atoms with van der Waals surface area (Å²) >= 11 is 5.66. The van der Waals surface area contributed by atoms with Crippen LogP contribution < -0.4 is 0 Å². The maximum Gasteiger partial charge on any atom is 0.295 e. The van der Waals surface area contributed by atoms with Crippen LogP contribution in [0.5, 0.6) is 0 Å². The van der Waals surface area contributed by atoms with Crippen LogP contribution in [0.15, 0.2) is 30.6 Å². The van der Waals surface area contributed by atoms with E-state index in [9.17, 15) is 14.5 Å². The molecule has 0 bridgehead atoms. The number of nitro groups is 1. The Balaban J connectivity index is 2.65. The highest BCUT2D eigenvalue weighted by atomic mass is 35.5. The molecule has 0 aromatic carbocycles. The first kappa shape index (κ1) is 11.4. The molecule has 0 saturated heterocycles. The summed E-state index contributed by atoms with van der Waals surface area (Å²) in [5.41, 5.74) is -0.0458. The third kappa shape index (κ3) is 2.36. The van der Waals surface area contributed by atoms with Gasteiger partial charge in [0.15, 0.2) is 5.69 Å². The number of pyridine rings is 2. The number of nitrogens with zero attached hydrogens (tertiary/aromatic N) is 3. The summed E-state index contributed by atoms with van der Waals surface area (Å²) in [4.78, 5) is 17.6. The molecule has 0 aliphatic carbocycles. The number of hydrogen-bond acceptors (Lipinski definition) is 4. The predicted octanol–water partition coefficient (Wildman–Crippen LogP) is 2.84. The average Bonchev–Trinajstić information content (AvgIpc) is 2.28. The fourth-order valence-electron chi connectivity index (χ4n) is 1.33. The van der Waals surface area contributed by atoms with E-state index >= 15 is 0 Å². The molecule has 17 heavy (non-hydrogen) atoms. The average molecular weight is 254 g/mol. The molecule has 0 spiro atoms. The molecule has 0 radical (unpaired) electrons. The van der Waals surface area contributed by atoms with Crippen molar-refractivity contribution in [1.29, 1.82) is 0 Å². The highest BCUT2D eigenvalue weighted by molar-refractivity contribution is 6.29. The minimum atomic E-state index is -0.608. The molecule has 0 fully saturated rings. The summed E-state index contributed by atoms with van der Waals surface area (Å²) in [6, 6.07) is 3.63. The Morgan fingerprint density at radius 1 is 1.35 bits per heavy atom. The van der Waals surface area contributed by atoms with Crippen LogP contribution in [-0.4, -0.2) is 14.9 Å². The van der Waals surface area contributed by atoms with Gasteiger partial charge in [0.05, 0.1) is 11.1 Å². The second-order valence-corrected chi connectivity index (χ2v) is 3.54. The monoisotopic (exact) mass is 253 g/mol. The third-order valence-electron chi connectivity index (χ3n) is 2.01. The Labute approximate surface area is 100 Å². The quantitative estimate of drug-likeness (QED) is 0.469. The molecular weight excluding hydrogens is 249 g/mol. The van der Waals surface area contributed by atoms with Crippen LogP contribution in [0.25, 0.3) is 11.3 Å². The van der Waals surface area contributed by atoms with Gasteiger partial charge in [0.25, 0.3) is 5.69 Å². The van der Waals surface area contributed by atoms with Gasteiger partial charge in [-0.1, -0.05) is 11.6 Å². The SMILES string of the molecule is O=[N+]([O-])c1ccc(Cl)nc1-c1cncc(F)c1. The van der Waals surface area contributed by atoms with Crippen molar-refractivity contribution in [3.05, 3.63) is 51.7 Å². The first-order valence-electron chi connectivity index (χ1n) is 4.50. The molecule has 0 unspecified atom stereocenters. The van der Waals surface area contributed by atoms with E-state index in [0.717, 1.165) is 12.3 Å². The fraction of sp³-hybridized carbons (Fsp3) is 0. The number of hydrogen-bond donors (Lipinski definition) is 0. The van der Waals surface area contributed by atoms with Gasteiger partial charge < -0.3 is 0 Å². The van der Waals surface area contributed by atoms with Crippen molar-refractivity contribution in [3.8, 4) is 11.3 Å². The molecular formula is C10H5ClFN3O2. The van der Waals surface area contributed by atoms with Gasteiger partial charge >= 0.3 is 0 Å². The van der Waals surface area contributed by atoms with Crippen LogP contribution in [0.3, 0.4) is 0 Å². The molecule has 2 aromatic heterocycles. The van der Waals surface area contributed by atoms with E-state index in [2.05, 4.69) is 9.97 Å². The molecule has 0 amide bonds. The molecule has 0 N–H and O–H groups in total.